The second-order valence-corrected chi connectivity index (χ2v) is 11.0. The van der Waals surface area contributed by atoms with E-state index in [9.17, 15) is 24.0 Å². The summed E-state index contributed by atoms with van der Waals surface area (Å²) in [5.74, 6) is -1.71. The normalized spacial score (nSPS) is 19.8. The van der Waals surface area contributed by atoms with Crippen molar-refractivity contribution < 1.29 is 38.2 Å². The van der Waals surface area contributed by atoms with Crippen LogP contribution in [0.15, 0.2) is 36.4 Å². The van der Waals surface area contributed by atoms with E-state index in [2.05, 4.69) is 0 Å². The molecule has 0 bridgehead atoms. The SMILES string of the molecule is CN1CCC[C@H]1C(=O)OCC(=O)/C=C/c1ccc(/C=C/C(=O)COC(=O)[C@@H]2CCCN2C(=O)OC(C)(C)C)cc1. The lowest BCUT2D eigenvalue weighted by molar-refractivity contribution is -0.151. The Kier molecular flexibility index (Phi) is 10.8. The van der Waals surface area contributed by atoms with Gasteiger partial charge in [-0.05, 0) is 83.3 Å². The molecule has 2 heterocycles. The van der Waals surface area contributed by atoms with Crippen molar-refractivity contribution in [1.82, 2.24) is 9.80 Å². The zero-order valence-electron chi connectivity index (χ0n) is 23.6. The number of esters is 2. The monoisotopic (exact) mass is 554 g/mol. The third-order valence-electron chi connectivity index (χ3n) is 6.52. The van der Waals surface area contributed by atoms with Crippen LogP contribution in [0.1, 0.15) is 57.6 Å². The number of likely N-dealkylation sites (tertiary alicyclic amines) is 2. The lowest BCUT2D eigenvalue weighted by Crippen LogP contribution is -2.44. The molecule has 2 atom stereocenters. The van der Waals surface area contributed by atoms with Gasteiger partial charge in [-0.25, -0.2) is 9.59 Å². The number of carbonyl (C=O) groups excluding carboxylic acids is 5. The van der Waals surface area contributed by atoms with Gasteiger partial charge in [0, 0.05) is 6.54 Å². The van der Waals surface area contributed by atoms with Crippen LogP contribution in [0.2, 0.25) is 0 Å². The van der Waals surface area contributed by atoms with Crippen molar-refractivity contribution in [2.75, 3.05) is 33.4 Å². The van der Waals surface area contributed by atoms with Gasteiger partial charge in [-0.3, -0.25) is 24.2 Å². The van der Waals surface area contributed by atoms with Gasteiger partial charge < -0.3 is 14.2 Å². The summed E-state index contributed by atoms with van der Waals surface area (Å²) in [6.07, 6.45) is 8.11. The van der Waals surface area contributed by atoms with E-state index in [1.54, 1.807) is 57.2 Å². The van der Waals surface area contributed by atoms with Gasteiger partial charge in [0.15, 0.2) is 24.8 Å². The van der Waals surface area contributed by atoms with Gasteiger partial charge in [0.1, 0.15) is 17.7 Å². The third kappa shape index (κ3) is 9.44. The topological polar surface area (TPSA) is 120 Å². The first kappa shape index (κ1) is 30.7. The molecule has 2 saturated heterocycles. The van der Waals surface area contributed by atoms with Crippen molar-refractivity contribution in [1.29, 1.82) is 0 Å². The third-order valence-corrected chi connectivity index (χ3v) is 6.52. The van der Waals surface area contributed by atoms with Gasteiger partial charge in [-0.2, -0.15) is 0 Å². The Labute approximate surface area is 234 Å². The van der Waals surface area contributed by atoms with Gasteiger partial charge >= 0.3 is 18.0 Å². The standard InChI is InChI=1S/C30H38N2O8/c1-30(2,3)40-29(37)32-18-6-8-26(32)28(36)39-20-24(34)16-14-22-11-9-21(10-12-22)13-15-23(33)19-38-27(35)25-7-5-17-31(25)4/h9-16,25-26H,5-8,17-20H2,1-4H3/b15-13+,16-14+/t25-,26-/m0/s1. The first-order valence-corrected chi connectivity index (χ1v) is 13.5. The van der Waals surface area contributed by atoms with Crippen LogP contribution in [0.3, 0.4) is 0 Å². The number of benzene rings is 1. The molecule has 0 unspecified atom stereocenters. The zero-order chi connectivity index (χ0) is 29.3. The molecule has 0 spiro atoms. The minimum absolute atomic E-state index is 0.280. The maximum atomic E-state index is 12.5. The second kappa shape index (κ2) is 14.0. The molecule has 3 rings (SSSR count). The van der Waals surface area contributed by atoms with Crippen molar-refractivity contribution >= 4 is 41.8 Å². The molecule has 2 fully saturated rings. The minimum Gasteiger partial charge on any atom is -0.456 e. The molecule has 0 aliphatic carbocycles. The van der Waals surface area contributed by atoms with Crippen molar-refractivity contribution in [3.63, 3.8) is 0 Å². The summed E-state index contributed by atoms with van der Waals surface area (Å²) in [6, 6.07) is 6.05. The predicted octanol–water partition coefficient (Wildman–Crippen LogP) is 3.43. The maximum absolute atomic E-state index is 12.5. The Morgan fingerprint density at radius 2 is 1.27 bits per heavy atom. The summed E-state index contributed by atoms with van der Waals surface area (Å²) >= 11 is 0. The Balaban J connectivity index is 1.41. The number of ether oxygens (including phenoxy) is 3. The summed E-state index contributed by atoms with van der Waals surface area (Å²) in [4.78, 5) is 64.5. The van der Waals surface area contributed by atoms with Gasteiger partial charge in [0.2, 0.25) is 0 Å². The molecule has 2 aliphatic rings. The first-order valence-electron chi connectivity index (χ1n) is 13.5. The number of ketones is 2. The van der Waals surface area contributed by atoms with Gasteiger partial charge in [-0.15, -0.1) is 0 Å². The molecule has 0 saturated carbocycles. The number of nitrogens with zero attached hydrogens (tertiary/aromatic N) is 2. The van der Waals surface area contributed by atoms with Gasteiger partial charge in [-0.1, -0.05) is 36.4 Å². The highest BCUT2D eigenvalue weighted by Gasteiger charge is 2.37. The fraction of sp³-hybridized carbons (Fsp3) is 0.500. The van der Waals surface area contributed by atoms with Gasteiger partial charge in [0.25, 0.3) is 0 Å². The maximum Gasteiger partial charge on any atom is 0.411 e. The van der Waals surface area contributed by atoms with Crippen molar-refractivity contribution in [2.24, 2.45) is 0 Å². The Morgan fingerprint density at radius 1 is 0.800 bits per heavy atom. The van der Waals surface area contributed by atoms with Crippen LogP contribution < -0.4 is 0 Å². The van der Waals surface area contributed by atoms with Crippen LogP contribution >= 0.6 is 0 Å². The molecule has 0 N–H and O–H groups in total. The van der Waals surface area contributed by atoms with E-state index < -0.39 is 36.1 Å². The molecule has 0 radical (unpaired) electrons. The highest BCUT2D eigenvalue weighted by molar-refractivity contribution is 5.96. The average Bonchev–Trinajstić information content (AvgIpc) is 3.57. The molecular formula is C30H38N2O8. The Bertz CT molecular complexity index is 1150. The lowest BCUT2D eigenvalue weighted by Gasteiger charge is -2.27. The van der Waals surface area contributed by atoms with Crippen LogP contribution in [-0.4, -0.2) is 90.4 Å². The molecule has 1 amide bonds. The largest absolute Gasteiger partial charge is 0.456 e. The predicted molar refractivity (Wildman–Crippen MR) is 148 cm³/mol. The summed E-state index contributed by atoms with van der Waals surface area (Å²) in [6.45, 7) is 5.77. The Hall–Kier alpha value is -3.79. The van der Waals surface area contributed by atoms with Crippen LogP contribution in [0, 0.1) is 0 Å². The molecule has 2 aliphatic heterocycles. The quantitative estimate of drug-likeness (QED) is 0.243. The summed E-state index contributed by atoms with van der Waals surface area (Å²) in [5, 5.41) is 0. The smallest absolute Gasteiger partial charge is 0.411 e. The van der Waals surface area contributed by atoms with Crippen molar-refractivity contribution in [3.05, 3.63) is 47.5 Å². The van der Waals surface area contributed by atoms with Crippen LogP contribution in [0.5, 0.6) is 0 Å². The van der Waals surface area contributed by atoms with Gasteiger partial charge in [0.05, 0.1) is 0 Å². The number of amides is 1. The number of hydrogen-bond donors (Lipinski definition) is 0. The summed E-state index contributed by atoms with van der Waals surface area (Å²) < 4.78 is 15.7. The fourth-order valence-electron chi connectivity index (χ4n) is 4.43. The van der Waals surface area contributed by atoms with Crippen LogP contribution in [0.4, 0.5) is 4.79 Å². The van der Waals surface area contributed by atoms with Crippen LogP contribution in [-0.2, 0) is 33.4 Å². The van der Waals surface area contributed by atoms with E-state index in [1.165, 1.54) is 17.1 Å². The van der Waals surface area contributed by atoms with Crippen molar-refractivity contribution in [2.45, 2.75) is 64.1 Å². The van der Waals surface area contributed by atoms with E-state index in [1.807, 2.05) is 11.9 Å². The second-order valence-electron chi connectivity index (χ2n) is 11.0. The lowest BCUT2D eigenvalue weighted by atomic mass is 10.1. The number of carbonyl (C=O) groups is 5. The zero-order valence-corrected chi connectivity index (χ0v) is 23.6. The van der Waals surface area contributed by atoms with E-state index in [-0.39, 0.29) is 24.4 Å². The van der Waals surface area contributed by atoms with Crippen molar-refractivity contribution in [3.8, 4) is 0 Å². The molecule has 1 aromatic carbocycles. The highest BCUT2D eigenvalue weighted by Crippen LogP contribution is 2.22. The summed E-state index contributed by atoms with van der Waals surface area (Å²) in [5.41, 5.74) is 0.826. The summed E-state index contributed by atoms with van der Waals surface area (Å²) in [7, 11) is 1.86. The van der Waals surface area contributed by atoms with Crippen LogP contribution in [0.25, 0.3) is 12.2 Å². The first-order chi connectivity index (χ1) is 18.9. The minimum atomic E-state index is -0.764. The molecular weight excluding hydrogens is 516 g/mol. The molecule has 10 heteroatoms. The van der Waals surface area contributed by atoms with E-state index in [4.69, 9.17) is 14.2 Å². The molecule has 1 aromatic rings. The fourth-order valence-corrected chi connectivity index (χ4v) is 4.43. The van der Waals surface area contributed by atoms with E-state index in [0.717, 1.165) is 30.5 Å². The molecule has 10 nitrogen and oxygen atoms in total. The molecule has 40 heavy (non-hydrogen) atoms. The highest BCUT2D eigenvalue weighted by atomic mass is 16.6. The van der Waals surface area contributed by atoms with E-state index >= 15 is 0 Å². The van der Waals surface area contributed by atoms with E-state index in [0.29, 0.717) is 19.4 Å². The molecule has 0 aromatic heterocycles. The number of likely N-dealkylation sites (N-methyl/N-ethyl adjacent to an activating group) is 1. The number of hydrogen-bond acceptors (Lipinski definition) is 9. The Morgan fingerprint density at radius 3 is 1.75 bits per heavy atom. The molecule has 216 valence electrons. The number of rotatable bonds is 10. The average molecular weight is 555 g/mol.